The first-order valence-electron chi connectivity index (χ1n) is 15.6. The molecule has 1 aromatic heterocycles. The van der Waals surface area contributed by atoms with Crippen LogP contribution in [0.1, 0.15) is 63.2 Å². The zero-order valence-electron chi connectivity index (χ0n) is 27.5. The van der Waals surface area contributed by atoms with Gasteiger partial charge in [0, 0.05) is 39.6 Å². The number of hydrogen-bond acceptors (Lipinski definition) is 6. The predicted molar refractivity (Wildman–Crippen MR) is 188 cm³/mol. The normalized spacial score (nSPS) is 13.5. The zero-order valence-corrected chi connectivity index (χ0v) is 27.5. The Morgan fingerprint density at radius 1 is 0.898 bits per heavy atom. The minimum absolute atomic E-state index is 0.0264. The molecule has 0 aliphatic carbocycles. The summed E-state index contributed by atoms with van der Waals surface area (Å²) in [5, 5.41) is 21.1. The number of rotatable bonds is 11. The van der Waals surface area contributed by atoms with Crippen molar-refractivity contribution in [3.05, 3.63) is 106 Å². The van der Waals surface area contributed by atoms with E-state index >= 15 is 0 Å². The quantitative estimate of drug-likeness (QED) is 0.114. The summed E-state index contributed by atoms with van der Waals surface area (Å²) in [6.07, 6.45) is 0.585. The Morgan fingerprint density at radius 3 is 2.14 bits per heavy atom. The standard InChI is InChI=1S/C36H37N7O6/c1-5-42(6-2)34(31(37)44)43-21(4)30(35(47)48)20(3)29(43)19-27-26-16-15-25(18-28(26)41-33(27)46)40-36(49)39-24-14-10-13-23(17-24)38-32(45)22-11-8-7-9-12-22/h7-19,34H,5-6H2,1-4H3,(H2,37,44)(H,38,45)(H,41,46)(H,47,48)(H2,39,40,49). The molecule has 0 saturated heterocycles. The second-order valence-electron chi connectivity index (χ2n) is 11.4. The Kier molecular flexibility index (Phi) is 9.94. The number of primary amides is 1. The van der Waals surface area contributed by atoms with Gasteiger partial charge < -0.3 is 36.7 Å². The molecule has 0 radical (unpaired) electrons. The Bertz CT molecular complexity index is 2000. The number of likely N-dealkylation sites (N-methyl/N-ethyl adjacent to an activating group) is 1. The summed E-state index contributed by atoms with van der Waals surface area (Å²) in [6, 6.07) is 19.8. The average molecular weight is 664 g/mol. The highest BCUT2D eigenvalue weighted by atomic mass is 16.4. The van der Waals surface area contributed by atoms with Gasteiger partial charge in [0.25, 0.3) is 17.7 Å². The van der Waals surface area contributed by atoms with Crippen LogP contribution in [0, 0.1) is 13.8 Å². The number of nitrogens with one attached hydrogen (secondary N) is 4. The number of carboxylic acid groups (broad SMARTS) is 1. The van der Waals surface area contributed by atoms with E-state index in [9.17, 15) is 29.1 Å². The molecule has 252 valence electrons. The number of aromatic nitrogens is 1. The molecular weight excluding hydrogens is 626 g/mol. The van der Waals surface area contributed by atoms with Gasteiger partial charge in [-0.05, 0) is 81.0 Å². The van der Waals surface area contributed by atoms with Gasteiger partial charge in [-0.3, -0.25) is 19.3 Å². The maximum atomic E-state index is 13.3. The molecule has 1 aliphatic rings. The molecule has 1 atom stereocenters. The predicted octanol–water partition coefficient (Wildman–Crippen LogP) is 5.52. The Hall–Kier alpha value is -6.21. The van der Waals surface area contributed by atoms with Gasteiger partial charge in [-0.15, -0.1) is 0 Å². The van der Waals surface area contributed by atoms with Crippen LogP contribution in [0.4, 0.5) is 27.5 Å². The molecule has 4 aromatic rings. The number of anilines is 4. The molecule has 5 amide bonds. The molecule has 49 heavy (non-hydrogen) atoms. The van der Waals surface area contributed by atoms with Crippen LogP contribution in [-0.2, 0) is 9.59 Å². The number of nitrogens with two attached hydrogens (primary N) is 1. The summed E-state index contributed by atoms with van der Waals surface area (Å²) in [6.45, 7) is 7.94. The molecule has 13 heteroatoms. The van der Waals surface area contributed by atoms with Crippen molar-refractivity contribution in [1.82, 2.24) is 9.47 Å². The second-order valence-corrected chi connectivity index (χ2v) is 11.4. The molecule has 5 rings (SSSR count). The van der Waals surface area contributed by atoms with Gasteiger partial charge >= 0.3 is 12.0 Å². The van der Waals surface area contributed by atoms with Gasteiger partial charge in [-0.25, -0.2) is 9.59 Å². The Labute approximate surface area is 282 Å². The number of fused-ring (bicyclic) bond motifs is 1. The van der Waals surface area contributed by atoms with E-state index in [1.54, 1.807) is 91.2 Å². The minimum atomic E-state index is -1.16. The molecule has 2 heterocycles. The van der Waals surface area contributed by atoms with Crippen LogP contribution >= 0.6 is 0 Å². The first-order valence-corrected chi connectivity index (χ1v) is 15.6. The van der Waals surface area contributed by atoms with E-state index in [4.69, 9.17) is 5.73 Å². The lowest BCUT2D eigenvalue weighted by atomic mass is 10.0. The molecule has 1 unspecified atom stereocenters. The highest BCUT2D eigenvalue weighted by Gasteiger charge is 2.33. The fraction of sp³-hybridized carbons (Fsp3) is 0.194. The van der Waals surface area contributed by atoms with Crippen molar-refractivity contribution >= 4 is 64.1 Å². The van der Waals surface area contributed by atoms with Crippen molar-refractivity contribution in [3.63, 3.8) is 0 Å². The monoisotopic (exact) mass is 663 g/mol. The van der Waals surface area contributed by atoms with Crippen molar-refractivity contribution in [2.24, 2.45) is 5.73 Å². The van der Waals surface area contributed by atoms with Crippen molar-refractivity contribution in [2.75, 3.05) is 34.4 Å². The van der Waals surface area contributed by atoms with Crippen LogP contribution in [0.5, 0.6) is 0 Å². The van der Waals surface area contributed by atoms with Gasteiger partial charge in [0.05, 0.1) is 16.8 Å². The molecule has 1 aliphatic heterocycles. The van der Waals surface area contributed by atoms with E-state index in [0.29, 0.717) is 63.9 Å². The van der Waals surface area contributed by atoms with Gasteiger partial charge in [0.1, 0.15) is 0 Å². The van der Waals surface area contributed by atoms with Gasteiger partial charge in [0.2, 0.25) is 0 Å². The van der Waals surface area contributed by atoms with E-state index in [0.717, 1.165) is 0 Å². The van der Waals surface area contributed by atoms with Crippen LogP contribution in [-0.4, -0.2) is 57.4 Å². The molecule has 3 aromatic carbocycles. The van der Waals surface area contributed by atoms with Crippen molar-refractivity contribution in [3.8, 4) is 0 Å². The molecule has 0 saturated carbocycles. The number of nitrogens with zero attached hydrogens (tertiary/aromatic N) is 2. The maximum absolute atomic E-state index is 13.3. The van der Waals surface area contributed by atoms with E-state index in [1.165, 1.54) is 0 Å². The summed E-state index contributed by atoms with van der Waals surface area (Å²) < 4.78 is 1.58. The second kappa shape index (κ2) is 14.3. The molecule has 0 spiro atoms. The van der Waals surface area contributed by atoms with Gasteiger partial charge in [-0.1, -0.05) is 44.2 Å². The van der Waals surface area contributed by atoms with Crippen LogP contribution < -0.4 is 27.0 Å². The first kappa shape index (κ1) is 34.1. The topological polar surface area (TPSA) is 188 Å². The zero-order chi connectivity index (χ0) is 35.4. The van der Waals surface area contributed by atoms with Crippen LogP contribution in [0.2, 0.25) is 0 Å². The molecule has 13 nitrogen and oxygen atoms in total. The van der Waals surface area contributed by atoms with E-state index < -0.39 is 30.0 Å². The minimum Gasteiger partial charge on any atom is -0.478 e. The third kappa shape index (κ3) is 7.06. The maximum Gasteiger partial charge on any atom is 0.337 e. The van der Waals surface area contributed by atoms with Crippen molar-refractivity contribution < 1.29 is 29.1 Å². The number of amides is 5. The molecule has 0 bridgehead atoms. The number of carbonyl (C=O) groups excluding carboxylic acids is 4. The van der Waals surface area contributed by atoms with Crippen LogP contribution in [0.3, 0.4) is 0 Å². The third-order valence-corrected chi connectivity index (χ3v) is 8.37. The largest absolute Gasteiger partial charge is 0.478 e. The number of urea groups is 1. The highest BCUT2D eigenvalue weighted by molar-refractivity contribution is 6.35. The van der Waals surface area contributed by atoms with Crippen molar-refractivity contribution in [2.45, 2.75) is 33.9 Å². The lowest BCUT2D eigenvalue weighted by Crippen LogP contribution is -2.42. The molecular formula is C36H37N7O6. The van der Waals surface area contributed by atoms with Gasteiger partial charge in [0.15, 0.2) is 6.17 Å². The van der Waals surface area contributed by atoms with Gasteiger partial charge in [-0.2, -0.15) is 0 Å². The third-order valence-electron chi connectivity index (χ3n) is 8.37. The van der Waals surface area contributed by atoms with E-state index in [2.05, 4.69) is 21.3 Å². The molecule has 7 N–H and O–H groups in total. The average Bonchev–Trinajstić information content (AvgIpc) is 3.50. The summed E-state index contributed by atoms with van der Waals surface area (Å²) in [5.74, 6) is -2.54. The van der Waals surface area contributed by atoms with E-state index in [1.807, 2.05) is 24.8 Å². The molecule has 0 fully saturated rings. The van der Waals surface area contributed by atoms with Crippen LogP contribution in [0.15, 0.2) is 72.8 Å². The number of aromatic carboxylic acids is 1. The lowest BCUT2D eigenvalue weighted by molar-refractivity contribution is -0.126. The smallest absolute Gasteiger partial charge is 0.337 e. The first-order chi connectivity index (χ1) is 23.4. The highest BCUT2D eigenvalue weighted by Crippen LogP contribution is 2.37. The summed E-state index contributed by atoms with van der Waals surface area (Å²) in [7, 11) is 0. The SMILES string of the molecule is CCN(CC)C(C(N)=O)n1c(C)c(C(=O)O)c(C)c1C=C1C(=O)Nc2cc(NC(=O)Nc3cccc(NC(=O)c4ccccc4)c3)ccc21. The fourth-order valence-corrected chi connectivity index (χ4v) is 6.04. The summed E-state index contributed by atoms with van der Waals surface area (Å²) in [4.78, 5) is 65.5. The number of hydrogen-bond donors (Lipinski definition) is 6. The summed E-state index contributed by atoms with van der Waals surface area (Å²) in [5.41, 5.74) is 10.0. The summed E-state index contributed by atoms with van der Waals surface area (Å²) >= 11 is 0. The van der Waals surface area contributed by atoms with E-state index in [-0.39, 0.29) is 17.0 Å². The van der Waals surface area contributed by atoms with Crippen LogP contribution in [0.25, 0.3) is 11.6 Å². The van der Waals surface area contributed by atoms with Crippen molar-refractivity contribution in [1.29, 1.82) is 0 Å². The number of benzene rings is 3. The fourth-order valence-electron chi connectivity index (χ4n) is 6.04. The lowest BCUT2D eigenvalue weighted by Gasteiger charge is -2.30. The Balaban J connectivity index is 1.39. The Morgan fingerprint density at radius 2 is 1.53 bits per heavy atom. The number of carbonyl (C=O) groups is 5. The number of carboxylic acids is 1.